The molecule has 0 bridgehead atoms. The largest absolute Gasteiger partial charge is 0.364 e. The predicted octanol–water partition coefficient (Wildman–Crippen LogP) is 1.16. The minimum absolute atomic E-state index is 0.00969. The number of nitrogens with two attached hydrogens (primary N) is 1. The fourth-order valence-corrected chi connectivity index (χ4v) is 2.40. The van der Waals surface area contributed by atoms with Crippen LogP contribution in [0.5, 0.6) is 0 Å². The molecule has 0 saturated carbocycles. The number of amides is 1. The summed E-state index contributed by atoms with van der Waals surface area (Å²) in [7, 11) is 0. The topological polar surface area (TPSA) is 64.4 Å². The van der Waals surface area contributed by atoms with Crippen LogP contribution in [0.4, 0.5) is 0 Å². The Labute approximate surface area is 114 Å². The molecule has 0 aromatic heterocycles. The summed E-state index contributed by atoms with van der Waals surface area (Å²) in [5, 5.41) is 2.94. The highest BCUT2D eigenvalue weighted by Gasteiger charge is 2.29. The van der Waals surface area contributed by atoms with Crippen LogP contribution in [0.15, 0.2) is 24.3 Å². The maximum atomic E-state index is 11.9. The fourth-order valence-electron chi connectivity index (χ4n) is 2.40. The summed E-state index contributed by atoms with van der Waals surface area (Å²) in [5.41, 5.74) is 8.07. The van der Waals surface area contributed by atoms with Gasteiger partial charge >= 0.3 is 0 Å². The molecule has 4 nitrogen and oxygen atoms in total. The first-order valence-corrected chi connectivity index (χ1v) is 6.88. The van der Waals surface area contributed by atoms with E-state index in [1.807, 2.05) is 12.1 Å². The van der Waals surface area contributed by atoms with Crippen molar-refractivity contribution in [3.63, 3.8) is 0 Å². The van der Waals surface area contributed by atoms with Crippen molar-refractivity contribution in [2.24, 2.45) is 5.73 Å². The fraction of sp³-hybridized carbons (Fsp3) is 0.533. The minimum Gasteiger partial charge on any atom is -0.364 e. The number of hydrogen-bond donors (Lipinski definition) is 2. The van der Waals surface area contributed by atoms with E-state index in [1.54, 1.807) is 0 Å². The van der Waals surface area contributed by atoms with Crippen LogP contribution in [0.25, 0.3) is 0 Å². The summed E-state index contributed by atoms with van der Waals surface area (Å²) in [4.78, 5) is 11.9. The minimum atomic E-state index is -0.314. The Hall–Kier alpha value is -1.39. The van der Waals surface area contributed by atoms with Crippen LogP contribution in [-0.2, 0) is 16.0 Å². The van der Waals surface area contributed by atoms with Crippen LogP contribution < -0.4 is 11.1 Å². The third-order valence-electron chi connectivity index (χ3n) is 3.62. The number of hydrogen-bond acceptors (Lipinski definition) is 3. The number of ether oxygens (including phenoxy) is 1. The molecule has 104 valence electrons. The van der Waals surface area contributed by atoms with Gasteiger partial charge in [-0.1, -0.05) is 24.3 Å². The molecule has 19 heavy (non-hydrogen) atoms. The van der Waals surface area contributed by atoms with E-state index >= 15 is 0 Å². The molecule has 1 aromatic rings. The highest BCUT2D eigenvalue weighted by Crippen LogP contribution is 2.18. The maximum Gasteiger partial charge on any atom is 0.249 e. The molecule has 1 aliphatic rings. The second-order valence-electron chi connectivity index (χ2n) is 5.03. The average molecular weight is 262 g/mol. The van der Waals surface area contributed by atoms with Gasteiger partial charge in [-0.25, -0.2) is 0 Å². The standard InChI is InChI=1S/C15H22N2O2/c1-11-4-2-3-5-12(11)8-9-17-15(18)14-7-6-13(10-16)19-14/h2-5,13-14H,6-10,16H2,1H3,(H,17,18)/t13-,14+/m1/s1. The lowest BCUT2D eigenvalue weighted by atomic mass is 10.1. The van der Waals surface area contributed by atoms with E-state index in [0.29, 0.717) is 13.1 Å². The Kier molecular flexibility index (Phi) is 4.93. The van der Waals surface area contributed by atoms with Gasteiger partial charge in [-0.05, 0) is 37.3 Å². The zero-order valence-corrected chi connectivity index (χ0v) is 11.4. The monoisotopic (exact) mass is 262 g/mol. The summed E-state index contributed by atoms with van der Waals surface area (Å²) < 4.78 is 5.56. The summed E-state index contributed by atoms with van der Waals surface area (Å²) >= 11 is 0. The number of benzene rings is 1. The molecule has 1 amide bonds. The van der Waals surface area contributed by atoms with Crippen molar-refractivity contribution in [1.82, 2.24) is 5.32 Å². The number of carbonyl (C=O) groups is 1. The van der Waals surface area contributed by atoms with Gasteiger partial charge in [-0.3, -0.25) is 4.79 Å². The highest BCUT2D eigenvalue weighted by molar-refractivity contribution is 5.81. The zero-order valence-electron chi connectivity index (χ0n) is 11.4. The van der Waals surface area contributed by atoms with Gasteiger partial charge in [0.05, 0.1) is 6.10 Å². The number of nitrogens with one attached hydrogen (secondary N) is 1. The molecule has 1 fully saturated rings. The zero-order chi connectivity index (χ0) is 13.7. The third-order valence-corrected chi connectivity index (χ3v) is 3.62. The Morgan fingerprint density at radius 2 is 2.21 bits per heavy atom. The first-order chi connectivity index (χ1) is 9.20. The molecule has 1 aliphatic heterocycles. The van der Waals surface area contributed by atoms with Gasteiger partial charge in [0.2, 0.25) is 5.91 Å². The van der Waals surface area contributed by atoms with Crippen molar-refractivity contribution >= 4 is 5.91 Å². The van der Waals surface area contributed by atoms with Crippen LogP contribution in [0, 0.1) is 6.92 Å². The third kappa shape index (κ3) is 3.78. The molecule has 0 radical (unpaired) electrons. The molecule has 3 N–H and O–H groups in total. The molecular formula is C15H22N2O2. The van der Waals surface area contributed by atoms with E-state index in [9.17, 15) is 4.79 Å². The molecule has 0 unspecified atom stereocenters. The summed E-state index contributed by atoms with van der Waals surface area (Å²) in [6, 6.07) is 8.23. The SMILES string of the molecule is Cc1ccccc1CCNC(=O)[C@@H]1CC[C@H](CN)O1. The Morgan fingerprint density at radius 1 is 1.42 bits per heavy atom. The molecule has 1 saturated heterocycles. The van der Waals surface area contributed by atoms with E-state index in [1.165, 1.54) is 11.1 Å². The van der Waals surface area contributed by atoms with Gasteiger partial charge in [0.25, 0.3) is 0 Å². The van der Waals surface area contributed by atoms with E-state index in [2.05, 4.69) is 24.4 Å². The molecule has 0 spiro atoms. The second kappa shape index (κ2) is 6.68. The molecule has 1 aromatic carbocycles. The van der Waals surface area contributed by atoms with Crippen molar-refractivity contribution in [3.05, 3.63) is 35.4 Å². The normalized spacial score (nSPS) is 22.4. The lowest BCUT2D eigenvalue weighted by Crippen LogP contribution is -2.36. The van der Waals surface area contributed by atoms with E-state index in [-0.39, 0.29) is 18.1 Å². The molecule has 2 rings (SSSR count). The smallest absolute Gasteiger partial charge is 0.249 e. The number of rotatable bonds is 5. The van der Waals surface area contributed by atoms with Gasteiger partial charge < -0.3 is 15.8 Å². The van der Waals surface area contributed by atoms with Gasteiger partial charge in [0, 0.05) is 13.1 Å². The molecule has 4 heteroatoms. The summed E-state index contributed by atoms with van der Waals surface area (Å²) in [5.74, 6) is -0.00969. The maximum absolute atomic E-state index is 11.9. The predicted molar refractivity (Wildman–Crippen MR) is 74.8 cm³/mol. The Bertz CT molecular complexity index is 434. The van der Waals surface area contributed by atoms with Crippen LogP contribution in [-0.4, -0.2) is 31.2 Å². The van der Waals surface area contributed by atoms with Crippen molar-refractivity contribution in [1.29, 1.82) is 0 Å². The van der Waals surface area contributed by atoms with Crippen LogP contribution in [0.2, 0.25) is 0 Å². The summed E-state index contributed by atoms with van der Waals surface area (Å²) in [6.07, 6.45) is 2.24. The quantitative estimate of drug-likeness (QED) is 0.837. The van der Waals surface area contributed by atoms with Crippen molar-refractivity contribution in [2.75, 3.05) is 13.1 Å². The van der Waals surface area contributed by atoms with Crippen molar-refractivity contribution < 1.29 is 9.53 Å². The lowest BCUT2D eigenvalue weighted by molar-refractivity contribution is -0.131. The first-order valence-electron chi connectivity index (χ1n) is 6.88. The van der Waals surface area contributed by atoms with Gasteiger partial charge in [0.1, 0.15) is 6.10 Å². The van der Waals surface area contributed by atoms with Gasteiger partial charge in [-0.2, -0.15) is 0 Å². The first kappa shape index (κ1) is 14.0. The molecule has 2 atom stereocenters. The second-order valence-corrected chi connectivity index (χ2v) is 5.03. The van der Waals surface area contributed by atoms with E-state index in [0.717, 1.165) is 19.3 Å². The van der Waals surface area contributed by atoms with Crippen molar-refractivity contribution in [2.45, 2.75) is 38.4 Å². The van der Waals surface area contributed by atoms with Crippen LogP contribution >= 0.6 is 0 Å². The Balaban J connectivity index is 1.74. The van der Waals surface area contributed by atoms with E-state index < -0.39 is 0 Å². The van der Waals surface area contributed by atoms with Gasteiger partial charge in [0.15, 0.2) is 0 Å². The highest BCUT2D eigenvalue weighted by atomic mass is 16.5. The van der Waals surface area contributed by atoms with E-state index in [4.69, 9.17) is 10.5 Å². The number of carbonyl (C=O) groups excluding carboxylic acids is 1. The van der Waals surface area contributed by atoms with Gasteiger partial charge in [-0.15, -0.1) is 0 Å². The molecule has 0 aliphatic carbocycles. The number of aryl methyl sites for hydroxylation is 1. The van der Waals surface area contributed by atoms with Crippen molar-refractivity contribution in [3.8, 4) is 0 Å². The lowest BCUT2D eigenvalue weighted by Gasteiger charge is -2.13. The van der Waals surface area contributed by atoms with Crippen LogP contribution in [0.1, 0.15) is 24.0 Å². The van der Waals surface area contributed by atoms with Crippen LogP contribution in [0.3, 0.4) is 0 Å². The molecular weight excluding hydrogens is 240 g/mol. The average Bonchev–Trinajstić information content (AvgIpc) is 2.90. The molecule has 1 heterocycles. The Morgan fingerprint density at radius 3 is 2.89 bits per heavy atom. The summed E-state index contributed by atoms with van der Waals surface area (Å²) in [6.45, 7) is 3.23.